The topological polar surface area (TPSA) is 69.7 Å². The van der Waals surface area contributed by atoms with Crippen LogP contribution in [0.25, 0.3) is 5.65 Å². The quantitative estimate of drug-likeness (QED) is 0.395. The van der Waals surface area contributed by atoms with Gasteiger partial charge in [-0.3, -0.25) is 0 Å². The predicted octanol–water partition coefficient (Wildman–Crippen LogP) is 3.64. The Bertz CT molecular complexity index is 783. The Kier molecular flexibility index (Phi) is 3.26. The second-order valence-corrected chi connectivity index (χ2v) is 5.23. The number of nitrogens with zero attached hydrogens (tertiary/aromatic N) is 3. The molecule has 0 N–H and O–H groups in total. The fourth-order valence-electron chi connectivity index (χ4n) is 1.81. The molecule has 100 valence electrons. The number of imidazole rings is 1. The molecule has 0 saturated heterocycles. The van der Waals surface area contributed by atoms with E-state index in [1.165, 1.54) is 4.40 Å². The summed E-state index contributed by atoms with van der Waals surface area (Å²) in [6.07, 6.45) is 1.58. The monoisotopic (exact) mass is 381 g/mol. The Labute approximate surface area is 127 Å². The highest BCUT2D eigenvalue weighted by Crippen LogP contribution is 2.31. The van der Waals surface area contributed by atoms with Crippen LogP contribution in [-0.2, 0) is 0 Å². The lowest BCUT2D eigenvalue weighted by Crippen LogP contribution is -1.96. The van der Waals surface area contributed by atoms with Gasteiger partial charge in [0.2, 0.25) is 5.65 Å². The van der Waals surface area contributed by atoms with Gasteiger partial charge >= 0.3 is 11.7 Å². The second kappa shape index (κ2) is 5.08. The highest BCUT2D eigenvalue weighted by Gasteiger charge is 2.24. The lowest BCUT2D eigenvalue weighted by Gasteiger charge is -2.02. The third-order valence-corrected chi connectivity index (χ3v) is 3.39. The summed E-state index contributed by atoms with van der Waals surface area (Å²) in [6.45, 7) is 0. The molecule has 7 heteroatoms. The minimum atomic E-state index is -0.498. The molecule has 0 unspecified atom stereocenters. The molecular formula is C13H8IN3O3. The first-order valence-corrected chi connectivity index (χ1v) is 6.78. The Morgan fingerprint density at radius 3 is 2.65 bits per heavy atom. The van der Waals surface area contributed by atoms with Crippen LogP contribution in [0.15, 0.2) is 48.7 Å². The Hall–Kier alpha value is -2.16. The van der Waals surface area contributed by atoms with Crippen molar-refractivity contribution in [2.75, 3.05) is 0 Å². The van der Waals surface area contributed by atoms with Gasteiger partial charge in [0.15, 0.2) is 0 Å². The Morgan fingerprint density at radius 1 is 1.20 bits per heavy atom. The fraction of sp³-hybridized carbons (Fsp3) is 0. The summed E-state index contributed by atoms with van der Waals surface area (Å²) in [6, 6.07) is 12.4. The minimum Gasteiger partial charge on any atom is -0.433 e. The van der Waals surface area contributed by atoms with E-state index < -0.39 is 4.92 Å². The minimum absolute atomic E-state index is 0.0117. The zero-order chi connectivity index (χ0) is 14.1. The summed E-state index contributed by atoms with van der Waals surface area (Å²) in [5.41, 5.74) is 0.472. The summed E-state index contributed by atoms with van der Waals surface area (Å²) < 4.78 is 7.98. The Morgan fingerprint density at radius 2 is 1.95 bits per heavy atom. The first-order valence-electron chi connectivity index (χ1n) is 5.70. The maximum absolute atomic E-state index is 11.2. The van der Waals surface area contributed by atoms with Crippen LogP contribution >= 0.6 is 22.6 Å². The first kappa shape index (κ1) is 12.9. The molecule has 2 aromatic heterocycles. The number of pyridine rings is 1. The number of aromatic nitrogens is 2. The molecule has 0 spiro atoms. The van der Waals surface area contributed by atoms with Crippen molar-refractivity contribution in [3.63, 3.8) is 0 Å². The molecule has 0 aliphatic carbocycles. The molecule has 0 bridgehead atoms. The van der Waals surface area contributed by atoms with E-state index in [2.05, 4.69) is 27.6 Å². The number of ether oxygens (including phenoxy) is 1. The number of fused-ring (bicyclic) bond motifs is 1. The van der Waals surface area contributed by atoms with Crippen LogP contribution < -0.4 is 4.74 Å². The van der Waals surface area contributed by atoms with Gasteiger partial charge in [-0.05, 0) is 57.8 Å². The van der Waals surface area contributed by atoms with E-state index in [4.69, 9.17) is 4.74 Å². The van der Waals surface area contributed by atoms with Crippen molar-refractivity contribution in [1.82, 2.24) is 9.38 Å². The van der Waals surface area contributed by atoms with E-state index >= 15 is 0 Å². The second-order valence-electron chi connectivity index (χ2n) is 3.98. The number of rotatable bonds is 3. The van der Waals surface area contributed by atoms with Crippen molar-refractivity contribution in [1.29, 1.82) is 0 Å². The van der Waals surface area contributed by atoms with Gasteiger partial charge in [0.05, 0.1) is 6.20 Å². The lowest BCUT2D eigenvalue weighted by molar-refractivity contribution is -0.391. The van der Waals surface area contributed by atoms with Crippen LogP contribution in [-0.4, -0.2) is 14.3 Å². The molecular weight excluding hydrogens is 373 g/mol. The number of hydrogen-bond donors (Lipinski definition) is 0. The number of halogens is 1. The maximum atomic E-state index is 11.2. The molecule has 3 rings (SSSR count). The van der Waals surface area contributed by atoms with Crippen LogP contribution in [0, 0.1) is 13.7 Å². The normalized spacial score (nSPS) is 10.7. The van der Waals surface area contributed by atoms with Gasteiger partial charge < -0.3 is 14.9 Å². The van der Waals surface area contributed by atoms with Gasteiger partial charge in [-0.2, -0.15) is 9.38 Å². The standard InChI is InChI=1S/C13H8IN3O3/c14-9-4-6-10(7-5-9)20-12-13(17(18)19)16-8-2-1-3-11(16)15-12/h1-8H. The average Bonchev–Trinajstić information content (AvgIpc) is 2.79. The van der Waals surface area contributed by atoms with E-state index in [1.54, 1.807) is 36.5 Å². The summed E-state index contributed by atoms with van der Waals surface area (Å²) in [5.74, 6) is 0.318. The fourth-order valence-corrected chi connectivity index (χ4v) is 2.17. The largest absolute Gasteiger partial charge is 0.433 e. The highest BCUT2D eigenvalue weighted by molar-refractivity contribution is 14.1. The van der Waals surface area contributed by atoms with Crippen LogP contribution in [0.5, 0.6) is 11.6 Å². The van der Waals surface area contributed by atoms with Crippen molar-refractivity contribution in [3.05, 3.63) is 62.3 Å². The zero-order valence-corrected chi connectivity index (χ0v) is 12.2. The smallest absolute Gasteiger partial charge is 0.392 e. The molecule has 0 radical (unpaired) electrons. The van der Waals surface area contributed by atoms with E-state index in [1.807, 2.05) is 12.1 Å². The van der Waals surface area contributed by atoms with Gasteiger partial charge in [-0.25, -0.2) is 0 Å². The third-order valence-electron chi connectivity index (χ3n) is 2.68. The molecule has 0 fully saturated rings. The highest BCUT2D eigenvalue weighted by atomic mass is 127. The molecule has 0 atom stereocenters. The molecule has 0 aliphatic heterocycles. The van der Waals surface area contributed by atoms with Crippen LogP contribution in [0.3, 0.4) is 0 Å². The van der Waals surface area contributed by atoms with Gasteiger partial charge in [-0.1, -0.05) is 6.07 Å². The number of benzene rings is 1. The van der Waals surface area contributed by atoms with Crippen LogP contribution in [0.4, 0.5) is 5.82 Å². The molecule has 0 aliphatic rings. The molecule has 0 saturated carbocycles. The summed E-state index contributed by atoms with van der Waals surface area (Å²) in [5, 5.41) is 11.2. The van der Waals surface area contributed by atoms with Crippen molar-refractivity contribution in [3.8, 4) is 11.6 Å². The molecule has 6 nitrogen and oxygen atoms in total. The molecule has 3 aromatic rings. The molecule has 1 aromatic carbocycles. The van der Waals surface area contributed by atoms with Crippen LogP contribution in [0.2, 0.25) is 0 Å². The summed E-state index contributed by atoms with van der Waals surface area (Å²) >= 11 is 2.17. The van der Waals surface area contributed by atoms with Gasteiger partial charge in [-0.15, -0.1) is 0 Å². The van der Waals surface area contributed by atoms with Crippen molar-refractivity contribution < 1.29 is 9.66 Å². The van der Waals surface area contributed by atoms with Crippen molar-refractivity contribution in [2.45, 2.75) is 0 Å². The SMILES string of the molecule is O=[N+]([O-])c1c(Oc2ccc(I)cc2)nc2ccccn12. The first-order chi connectivity index (χ1) is 9.65. The average molecular weight is 381 g/mol. The van der Waals surface area contributed by atoms with E-state index in [0.29, 0.717) is 11.4 Å². The zero-order valence-electron chi connectivity index (χ0n) is 10.1. The Balaban J connectivity index is 2.08. The van der Waals surface area contributed by atoms with Crippen molar-refractivity contribution >= 4 is 34.1 Å². The maximum Gasteiger partial charge on any atom is 0.392 e. The van der Waals surface area contributed by atoms with E-state index in [0.717, 1.165) is 3.57 Å². The van der Waals surface area contributed by atoms with Gasteiger partial charge in [0.25, 0.3) is 0 Å². The number of nitro groups is 1. The van der Waals surface area contributed by atoms with Crippen LogP contribution in [0.1, 0.15) is 0 Å². The molecule has 2 heterocycles. The van der Waals surface area contributed by atoms with E-state index in [9.17, 15) is 10.1 Å². The third kappa shape index (κ3) is 2.31. The molecule has 20 heavy (non-hydrogen) atoms. The van der Waals surface area contributed by atoms with Gasteiger partial charge in [0, 0.05) is 9.64 Å². The van der Waals surface area contributed by atoms with E-state index in [-0.39, 0.29) is 11.7 Å². The molecule has 0 amide bonds. The lowest BCUT2D eigenvalue weighted by atomic mass is 10.3. The van der Waals surface area contributed by atoms with Crippen molar-refractivity contribution in [2.24, 2.45) is 0 Å². The summed E-state index contributed by atoms with van der Waals surface area (Å²) in [7, 11) is 0. The summed E-state index contributed by atoms with van der Waals surface area (Å²) in [4.78, 5) is 14.9. The predicted molar refractivity (Wildman–Crippen MR) is 81.1 cm³/mol. The number of hydrogen-bond acceptors (Lipinski definition) is 4. The van der Waals surface area contributed by atoms with Gasteiger partial charge in [0.1, 0.15) is 5.75 Å².